The average molecular weight is 635 g/mol. The molecule has 0 aliphatic heterocycles. The normalized spacial score (nSPS) is 11.9. The first-order valence-electron chi connectivity index (χ1n) is 13.7. The molecule has 2 amide bonds. The smallest absolute Gasteiger partial charge is 0.243 e. The van der Waals surface area contributed by atoms with Crippen LogP contribution in [0.4, 0.5) is 5.69 Å². The highest BCUT2D eigenvalue weighted by molar-refractivity contribution is 7.92. The maximum Gasteiger partial charge on any atom is 0.243 e. The van der Waals surface area contributed by atoms with Crippen LogP contribution in [0.1, 0.15) is 37.3 Å². The fraction of sp³-hybridized carbons (Fsp3) is 0.355. The minimum Gasteiger partial charge on any atom is -0.495 e. The Morgan fingerprint density at radius 1 is 0.976 bits per heavy atom. The molecule has 0 radical (unpaired) electrons. The van der Waals surface area contributed by atoms with Gasteiger partial charge in [0.25, 0.3) is 0 Å². The van der Waals surface area contributed by atoms with E-state index in [9.17, 15) is 18.0 Å². The van der Waals surface area contributed by atoms with Gasteiger partial charge in [-0.25, -0.2) is 8.42 Å². The summed E-state index contributed by atoms with van der Waals surface area (Å²) >= 11 is 12.7. The topological polar surface area (TPSA) is 96.0 Å². The van der Waals surface area contributed by atoms with E-state index < -0.39 is 16.1 Å². The Hall–Kier alpha value is -3.27. The molecule has 0 saturated carbocycles. The number of nitrogens with one attached hydrogen (secondary N) is 1. The highest BCUT2D eigenvalue weighted by atomic mass is 35.5. The molecule has 11 heteroatoms. The number of amides is 2. The number of carbonyl (C=O) groups excluding carboxylic acids is 2. The lowest BCUT2D eigenvalue weighted by Gasteiger charge is -2.32. The minimum atomic E-state index is -3.68. The van der Waals surface area contributed by atoms with Gasteiger partial charge < -0.3 is 15.0 Å². The molecule has 0 aromatic heterocycles. The molecule has 1 N–H and O–H groups in total. The van der Waals surface area contributed by atoms with Gasteiger partial charge in [0, 0.05) is 37.5 Å². The molecule has 0 heterocycles. The Labute approximate surface area is 258 Å². The van der Waals surface area contributed by atoms with Crippen LogP contribution < -0.4 is 14.4 Å². The van der Waals surface area contributed by atoms with Gasteiger partial charge in [-0.2, -0.15) is 0 Å². The van der Waals surface area contributed by atoms with Gasteiger partial charge in [-0.1, -0.05) is 78.7 Å². The van der Waals surface area contributed by atoms with Gasteiger partial charge in [-0.05, 0) is 48.2 Å². The number of benzene rings is 3. The SMILES string of the molecule is CCCNC(=O)[C@@H](Cc1ccccc1)N(Cc1ccccc1Cl)C(=O)CCCN(c1ccc(OC)c(Cl)c1)S(C)(=O)=O. The van der Waals surface area contributed by atoms with Crippen molar-refractivity contribution in [2.75, 3.05) is 30.8 Å². The number of carbonyl (C=O) groups is 2. The molecule has 0 aliphatic rings. The molecule has 0 aliphatic carbocycles. The fourth-order valence-corrected chi connectivity index (χ4v) is 5.95. The van der Waals surface area contributed by atoms with Crippen molar-refractivity contribution in [3.05, 3.63) is 94.0 Å². The van der Waals surface area contributed by atoms with Crippen molar-refractivity contribution >= 4 is 50.7 Å². The molecule has 0 saturated heterocycles. The third kappa shape index (κ3) is 9.37. The van der Waals surface area contributed by atoms with Crippen LogP contribution in [0.25, 0.3) is 0 Å². The minimum absolute atomic E-state index is 0.00665. The molecule has 8 nitrogen and oxygen atoms in total. The fourth-order valence-electron chi connectivity index (χ4n) is 4.54. The zero-order chi connectivity index (χ0) is 30.7. The van der Waals surface area contributed by atoms with Crippen LogP contribution in [-0.4, -0.2) is 57.6 Å². The van der Waals surface area contributed by atoms with Gasteiger partial charge in [0.15, 0.2) is 0 Å². The summed E-state index contributed by atoms with van der Waals surface area (Å²) in [5, 5.41) is 3.70. The van der Waals surface area contributed by atoms with E-state index in [0.29, 0.717) is 35.0 Å². The lowest BCUT2D eigenvalue weighted by atomic mass is 10.0. The summed E-state index contributed by atoms with van der Waals surface area (Å²) in [5.41, 5.74) is 1.98. The zero-order valence-electron chi connectivity index (χ0n) is 24.1. The number of hydrogen-bond donors (Lipinski definition) is 1. The number of methoxy groups -OCH3 is 1. The molecule has 0 fully saturated rings. The van der Waals surface area contributed by atoms with Crippen LogP contribution in [0.3, 0.4) is 0 Å². The second-order valence-electron chi connectivity index (χ2n) is 9.87. The summed E-state index contributed by atoms with van der Waals surface area (Å²) in [4.78, 5) is 28.9. The monoisotopic (exact) mass is 633 g/mol. The van der Waals surface area contributed by atoms with Crippen LogP contribution in [0.15, 0.2) is 72.8 Å². The highest BCUT2D eigenvalue weighted by Gasteiger charge is 2.31. The summed E-state index contributed by atoms with van der Waals surface area (Å²) in [6, 6.07) is 20.6. The van der Waals surface area contributed by atoms with E-state index in [1.54, 1.807) is 29.2 Å². The number of sulfonamides is 1. The van der Waals surface area contributed by atoms with Crippen LogP contribution in [0.5, 0.6) is 5.75 Å². The Kier molecular flexibility index (Phi) is 12.5. The number of nitrogens with zero attached hydrogens (tertiary/aromatic N) is 2. The summed E-state index contributed by atoms with van der Waals surface area (Å²) in [6.45, 7) is 2.60. The lowest BCUT2D eigenvalue weighted by Crippen LogP contribution is -2.50. The van der Waals surface area contributed by atoms with Crippen LogP contribution >= 0.6 is 23.2 Å². The van der Waals surface area contributed by atoms with Gasteiger partial charge in [-0.15, -0.1) is 0 Å². The van der Waals surface area contributed by atoms with E-state index in [4.69, 9.17) is 27.9 Å². The zero-order valence-corrected chi connectivity index (χ0v) is 26.4. The van der Waals surface area contributed by atoms with Crippen molar-refractivity contribution < 1.29 is 22.7 Å². The van der Waals surface area contributed by atoms with Gasteiger partial charge >= 0.3 is 0 Å². The average Bonchev–Trinajstić information content (AvgIpc) is 2.96. The second kappa shape index (κ2) is 15.8. The van der Waals surface area contributed by atoms with Crippen molar-refractivity contribution in [2.45, 2.75) is 45.2 Å². The van der Waals surface area contributed by atoms with Crippen molar-refractivity contribution in [1.29, 1.82) is 0 Å². The molecule has 1 atom stereocenters. The van der Waals surface area contributed by atoms with E-state index >= 15 is 0 Å². The molecule has 0 spiro atoms. The van der Waals surface area contributed by atoms with Crippen LogP contribution in [-0.2, 0) is 32.6 Å². The summed E-state index contributed by atoms with van der Waals surface area (Å²) < 4.78 is 31.7. The van der Waals surface area contributed by atoms with Crippen molar-refractivity contribution in [3.8, 4) is 5.75 Å². The Balaban J connectivity index is 1.88. The van der Waals surface area contributed by atoms with E-state index in [1.807, 2.05) is 49.4 Å². The number of halogens is 2. The number of rotatable bonds is 15. The molecule has 3 aromatic rings. The second-order valence-corrected chi connectivity index (χ2v) is 12.6. The van der Waals surface area contributed by atoms with Gasteiger partial charge in [-0.3, -0.25) is 13.9 Å². The standard InChI is InChI=1S/C31H37Cl2N3O5S/c1-4-18-34-31(38)28(20-23-11-6-5-7-12-23)35(22-24-13-8-9-14-26(24)32)30(37)15-10-19-36(42(3,39)40)25-16-17-29(41-2)27(33)21-25/h5-9,11-14,16-17,21,28H,4,10,15,18-20,22H2,1-3H3,(H,34,38)/t28-/m1/s1. The first-order valence-corrected chi connectivity index (χ1v) is 16.3. The molecular weight excluding hydrogens is 597 g/mol. The maximum absolute atomic E-state index is 13.9. The molecule has 0 bridgehead atoms. The van der Waals surface area contributed by atoms with E-state index in [2.05, 4.69) is 5.32 Å². The van der Waals surface area contributed by atoms with Crippen molar-refractivity contribution in [2.24, 2.45) is 0 Å². The molecule has 0 unspecified atom stereocenters. The first-order chi connectivity index (χ1) is 20.0. The number of anilines is 1. The largest absolute Gasteiger partial charge is 0.495 e. The predicted molar refractivity (Wildman–Crippen MR) is 169 cm³/mol. The van der Waals surface area contributed by atoms with Gasteiger partial charge in [0.05, 0.1) is 24.1 Å². The predicted octanol–water partition coefficient (Wildman–Crippen LogP) is 5.71. The highest BCUT2D eigenvalue weighted by Crippen LogP contribution is 2.30. The Morgan fingerprint density at radius 3 is 2.29 bits per heavy atom. The third-order valence-electron chi connectivity index (χ3n) is 6.69. The third-order valence-corrected chi connectivity index (χ3v) is 8.55. The molecule has 226 valence electrons. The molecule has 3 aromatic carbocycles. The van der Waals surface area contributed by atoms with Crippen molar-refractivity contribution in [3.63, 3.8) is 0 Å². The molecular formula is C31H37Cl2N3O5S. The first kappa shape index (κ1) is 33.2. The van der Waals surface area contributed by atoms with E-state index in [1.165, 1.54) is 17.5 Å². The van der Waals surface area contributed by atoms with Crippen LogP contribution in [0, 0.1) is 0 Å². The Morgan fingerprint density at radius 2 is 1.67 bits per heavy atom. The Bertz CT molecular complexity index is 1450. The van der Waals surface area contributed by atoms with E-state index in [0.717, 1.165) is 18.2 Å². The van der Waals surface area contributed by atoms with Crippen molar-refractivity contribution in [1.82, 2.24) is 10.2 Å². The lowest BCUT2D eigenvalue weighted by molar-refractivity contribution is -0.141. The summed E-state index contributed by atoms with van der Waals surface area (Å²) in [6.07, 6.45) is 2.38. The summed E-state index contributed by atoms with van der Waals surface area (Å²) in [5.74, 6) is -0.125. The number of ether oxygens (including phenoxy) is 1. The molecule has 42 heavy (non-hydrogen) atoms. The van der Waals surface area contributed by atoms with E-state index in [-0.39, 0.29) is 42.8 Å². The molecule has 3 rings (SSSR count). The maximum atomic E-state index is 13.9. The van der Waals surface area contributed by atoms with Gasteiger partial charge in [0.2, 0.25) is 21.8 Å². The summed E-state index contributed by atoms with van der Waals surface area (Å²) in [7, 11) is -2.21. The quantitative estimate of drug-likeness (QED) is 0.231. The van der Waals surface area contributed by atoms with Crippen LogP contribution in [0.2, 0.25) is 10.0 Å². The number of hydrogen-bond acceptors (Lipinski definition) is 5. The van der Waals surface area contributed by atoms with Gasteiger partial charge in [0.1, 0.15) is 11.8 Å².